The summed E-state index contributed by atoms with van der Waals surface area (Å²) in [4.78, 5) is 17.9. The molecule has 4 heteroatoms. The summed E-state index contributed by atoms with van der Waals surface area (Å²) in [5.74, 6) is 0.151. The average Bonchev–Trinajstić information content (AvgIpc) is 2.64. The van der Waals surface area contributed by atoms with Crippen molar-refractivity contribution >= 4 is 16.8 Å². The zero-order valence-electron chi connectivity index (χ0n) is 8.58. The highest BCUT2D eigenvalue weighted by atomic mass is 16.1. The quantitative estimate of drug-likeness (QED) is 0.786. The van der Waals surface area contributed by atoms with Crippen LogP contribution >= 0.6 is 0 Å². The number of carbonyl (C=O) groups excluding carboxylic acids is 1. The molecule has 4 nitrogen and oxygen atoms in total. The van der Waals surface area contributed by atoms with Crippen molar-refractivity contribution in [2.75, 3.05) is 6.54 Å². The summed E-state index contributed by atoms with van der Waals surface area (Å²) >= 11 is 0. The van der Waals surface area contributed by atoms with Gasteiger partial charge in [0.05, 0.1) is 23.9 Å². The Morgan fingerprint density at radius 3 is 3.20 bits per heavy atom. The second-order valence-corrected chi connectivity index (χ2v) is 3.56. The lowest BCUT2D eigenvalue weighted by Crippen LogP contribution is -2.20. The molecular formula is C11H13N3O. The van der Waals surface area contributed by atoms with Crippen LogP contribution in [-0.2, 0) is 11.3 Å². The third-order valence-electron chi connectivity index (χ3n) is 2.19. The minimum absolute atomic E-state index is 0.151. The molecule has 0 radical (unpaired) electrons. The highest BCUT2D eigenvalue weighted by Gasteiger charge is 1.98. The lowest BCUT2D eigenvalue weighted by molar-refractivity contribution is -0.116. The van der Waals surface area contributed by atoms with E-state index in [0.717, 1.165) is 16.6 Å². The van der Waals surface area contributed by atoms with Crippen molar-refractivity contribution in [2.45, 2.75) is 13.5 Å². The van der Waals surface area contributed by atoms with Gasteiger partial charge in [0.25, 0.3) is 0 Å². The molecule has 1 heterocycles. The van der Waals surface area contributed by atoms with Crippen molar-refractivity contribution in [3.63, 3.8) is 0 Å². The Morgan fingerprint density at radius 1 is 1.53 bits per heavy atom. The van der Waals surface area contributed by atoms with Crippen molar-refractivity contribution in [3.8, 4) is 0 Å². The fourth-order valence-electron chi connectivity index (χ4n) is 1.48. The average molecular weight is 203 g/mol. The Morgan fingerprint density at radius 2 is 2.40 bits per heavy atom. The topological polar surface area (TPSA) is 57.8 Å². The Kier molecular flexibility index (Phi) is 2.78. The molecular weight excluding hydrogens is 190 g/mol. The molecule has 0 aliphatic carbocycles. The maximum absolute atomic E-state index is 10.7. The van der Waals surface area contributed by atoms with E-state index in [9.17, 15) is 4.79 Å². The van der Waals surface area contributed by atoms with Gasteiger partial charge in [-0.2, -0.15) is 0 Å². The second kappa shape index (κ2) is 4.23. The number of fused-ring (bicyclic) bond motifs is 1. The Hall–Kier alpha value is -1.68. The highest BCUT2D eigenvalue weighted by molar-refractivity contribution is 5.77. The van der Waals surface area contributed by atoms with Gasteiger partial charge in [0.15, 0.2) is 0 Å². The van der Waals surface area contributed by atoms with Crippen molar-refractivity contribution in [1.82, 2.24) is 15.3 Å². The van der Waals surface area contributed by atoms with E-state index >= 15 is 0 Å². The van der Waals surface area contributed by atoms with Crippen LogP contribution in [0.1, 0.15) is 12.5 Å². The number of rotatable bonds is 4. The van der Waals surface area contributed by atoms with Gasteiger partial charge in [-0.1, -0.05) is 6.07 Å². The first kappa shape index (κ1) is 9.86. The van der Waals surface area contributed by atoms with E-state index in [1.165, 1.54) is 0 Å². The van der Waals surface area contributed by atoms with Crippen LogP contribution in [0.25, 0.3) is 11.0 Å². The second-order valence-electron chi connectivity index (χ2n) is 3.56. The van der Waals surface area contributed by atoms with Crippen LogP contribution in [0.2, 0.25) is 0 Å². The van der Waals surface area contributed by atoms with Gasteiger partial charge in [-0.3, -0.25) is 4.79 Å². The maximum Gasteiger partial charge on any atom is 0.143 e. The molecule has 0 bridgehead atoms. The Bertz CT molecular complexity index is 475. The first-order valence-electron chi connectivity index (χ1n) is 4.88. The molecule has 0 saturated heterocycles. The number of Topliss-reactive ketones (excluding diaryl/α,β-unsaturated/α-hetero) is 1. The molecule has 0 aliphatic rings. The predicted molar refractivity (Wildman–Crippen MR) is 58.5 cm³/mol. The van der Waals surface area contributed by atoms with Gasteiger partial charge in [-0.15, -0.1) is 0 Å². The number of nitrogens with one attached hydrogen (secondary N) is 2. The van der Waals surface area contributed by atoms with E-state index < -0.39 is 0 Å². The Balaban J connectivity index is 2.04. The summed E-state index contributed by atoms with van der Waals surface area (Å²) in [6, 6.07) is 6.02. The lowest BCUT2D eigenvalue weighted by atomic mass is 10.2. The summed E-state index contributed by atoms with van der Waals surface area (Å²) < 4.78 is 0. The molecule has 15 heavy (non-hydrogen) atoms. The largest absolute Gasteiger partial charge is 0.345 e. The zero-order valence-corrected chi connectivity index (χ0v) is 8.58. The number of aromatic amines is 1. The number of imidazole rings is 1. The van der Waals surface area contributed by atoms with Gasteiger partial charge in [0, 0.05) is 6.54 Å². The fourth-order valence-corrected chi connectivity index (χ4v) is 1.48. The van der Waals surface area contributed by atoms with Crippen molar-refractivity contribution in [3.05, 3.63) is 30.1 Å². The Labute approximate surface area is 87.7 Å². The van der Waals surface area contributed by atoms with E-state index in [0.29, 0.717) is 13.1 Å². The normalized spacial score (nSPS) is 10.7. The van der Waals surface area contributed by atoms with Crippen LogP contribution in [0, 0.1) is 0 Å². The molecule has 78 valence electrons. The van der Waals surface area contributed by atoms with E-state index in [1.807, 2.05) is 18.2 Å². The van der Waals surface area contributed by atoms with E-state index in [-0.39, 0.29) is 5.78 Å². The summed E-state index contributed by atoms with van der Waals surface area (Å²) in [6.45, 7) is 2.70. The van der Waals surface area contributed by atoms with Crippen LogP contribution in [-0.4, -0.2) is 22.3 Å². The molecule has 0 amide bonds. The summed E-state index contributed by atoms with van der Waals surface area (Å²) in [6.07, 6.45) is 1.68. The minimum atomic E-state index is 0.151. The number of hydrogen-bond donors (Lipinski definition) is 2. The SMILES string of the molecule is CC(=O)CNCc1ccc2nc[nH]c2c1. The summed E-state index contributed by atoms with van der Waals surface area (Å²) in [7, 11) is 0. The molecule has 0 unspecified atom stereocenters. The number of aromatic nitrogens is 2. The number of nitrogens with zero attached hydrogens (tertiary/aromatic N) is 1. The fraction of sp³-hybridized carbons (Fsp3) is 0.273. The monoisotopic (exact) mass is 203 g/mol. The number of hydrogen-bond acceptors (Lipinski definition) is 3. The molecule has 1 aromatic carbocycles. The van der Waals surface area contributed by atoms with Crippen molar-refractivity contribution in [2.24, 2.45) is 0 Å². The van der Waals surface area contributed by atoms with Gasteiger partial charge in [0.2, 0.25) is 0 Å². The number of benzene rings is 1. The third-order valence-corrected chi connectivity index (χ3v) is 2.19. The molecule has 0 aliphatic heterocycles. The van der Waals surface area contributed by atoms with Crippen LogP contribution in [0.15, 0.2) is 24.5 Å². The van der Waals surface area contributed by atoms with Gasteiger partial charge >= 0.3 is 0 Å². The first-order chi connectivity index (χ1) is 7.25. The lowest BCUT2D eigenvalue weighted by Gasteiger charge is -2.02. The molecule has 1 aromatic heterocycles. The predicted octanol–water partition coefficient (Wildman–Crippen LogP) is 1.24. The molecule has 0 fully saturated rings. The van der Waals surface area contributed by atoms with E-state index in [4.69, 9.17) is 0 Å². The van der Waals surface area contributed by atoms with Gasteiger partial charge in [0.1, 0.15) is 5.78 Å². The maximum atomic E-state index is 10.7. The number of ketones is 1. The van der Waals surface area contributed by atoms with Gasteiger partial charge < -0.3 is 10.3 Å². The van der Waals surface area contributed by atoms with E-state index in [2.05, 4.69) is 15.3 Å². The van der Waals surface area contributed by atoms with Gasteiger partial charge in [-0.05, 0) is 24.6 Å². The van der Waals surface area contributed by atoms with Crippen molar-refractivity contribution < 1.29 is 4.79 Å². The molecule has 0 spiro atoms. The zero-order chi connectivity index (χ0) is 10.7. The van der Waals surface area contributed by atoms with Crippen LogP contribution in [0.4, 0.5) is 0 Å². The molecule has 0 saturated carbocycles. The minimum Gasteiger partial charge on any atom is -0.345 e. The summed E-state index contributed by atoms with van der Waals surface area (Å²) in [5, 5.41) is 3.07. The van der Waals surface area contributed by atoms with E-state index in [1.54, 1.807) is 13.3 Å². The van der Waals surface area contributed by atoms with Crippen LogP contribution in [0.5, 0.6) is 0 Å². The molecule has 2 N–H and O–H groups in total. The molecule has 2 rings (SSSR count). The van der Waals surface area contributed by atoms with Crippen LogP contribution < -0.4 is 5.32 Å². The van der Waals surface area contributed by atoms with Crippen LogP contribution in [0.3, 0.4) is 0 Å². The molecule has 2 aromatic rings. The number of H-pyrrole nitrogens is 1. The van der Waals surface area contributed by atoms with Crippen molar-refractivity contribution in [1.29, 1.82) is 0 Å². The molecule has 0 atom stereocenters. The number of carbonyl (C=O) groups is 1. The smallest absolute Gasteiger partial charge is 0.143 e. The standard InChI is InChI=1S/C11H13N3O/c1-8(15)5-12-6-9-2-3-10-11(4-9)14-7-13-10/h2-4,7,12H,5-6H2,1H3,(H,13,14). The van der Waals surface area contributed by atoms with Gasteiger partial charge in [-0.25, -0.2) is 4.98 Å². The first-order valence-corrected chi connectivity index (χ1v) is 4.88. The third kappa shape index (κ3) is 2.41. The summed E-state index contributed by atoms with van der Waals surface area (Å²) in [5.41, 5.74) is 3.13. The highest BCUT2D eigenvalue weighted by Crippen LogP contribution is 2.11.